The molecule has 0 saturated carbocycles. The topological polar surface area (TPSA) is 171 Å². The molecule has 0 aromatic carbocycles. The van der Waals surface area contributed by atoms with Crippen LogP contribution in [-0.4, -0.2) is 64.7 Å². The fourth-order valence-corrected chi connectivity index (χ4v) is 2.86. The van der Waals surface area contributed by atoms with Crippen LogP contribution in [0.5, 0.6) is 0 Å². The van der Waals surface area contributed by atoms with E-state index >= 15 is 0 Å². The molecule has 10 nitrogen and oxygen atoms in total. The lowest BCUT2D eigenvalue weighted by Crippen LogP contribution is -2.60. The first kappa shape index (κ1) is 28.8. The van der Waals surface area contributed by atoms with E-state index in [9.17, 15) is 24.3 Å². The fourth-order valence-electron chi connectivity index (χ4n) is 2.86. The number of aliphatic hydroxyl groups is 1. The standard InChI is InChI=1S/C21H40N4O6/c1-7-11(4)15(22)18(27)24-17(13(6)9-3)20(29)25-16(12(5)8-2)19(28)23-14(10-26)21(30)31/h11-17,26H,7-10,22H2,1-6H3,(H,23,28)(H,24,27)(H,25,29)(H,30,31). The van der Waals surface area contributed by atoms with Gasteiger partial charge in [-0.3, -0.25) is 14.4 Å². The number of nitrogens with two attached hydrogens (primary N) is 1. The quantitative estimate of drug-likeness (QED) is 0.219. The van der Waals surface area contributed by atoms with Crippen molar-refractivity contribution < 1.29 is 29.4 Å². The Kier molecular flexibility index (Phi) is 13.0. The van der Waals surface area contributed by atoms with Crippen molar-refractivity contribution >= 4 is 23.7 Å². The van der Waals surface area contributed by atoms with E-state index < -0.39 is 54.5 Å². The molecule has 3 amide bonds. The normalized spacial score (nSPS) is 17.9. The molecule has 0 fully saturated rings. The zero-order chi connectivity index (χ0) is 24.3. The summed E-state index contributed by atoms with van der Waals surface area (Å²) in [5.74, 6) is -3.68. The zero-order valence-corrected chi connectivity index (χ0v) is 19.5. The molecule has 0 aromatic heterocycles. The number of aliphatic carboxylic acids is 1. The largest absolute Gasteiger partial charge is 0.480 e. The highest BCUT2D eigenvalue weighted by Crippen LogP contribution is 2.13. The number of rotatable bonds is 14. The van der Waals surface area contributed by atoms with Crippen molar-refractivity contribution in [2.24, 2.45) is 23.5 Å². The molecule has 0 aliphatic rings. The lowest BCUT2D eigenvalue weighted by atomic mass is 9.93. The van der Waals surface area contributed by atoms with Gasteiger partial charge in [-0.1, -0.05) is 60.8 Å². The van der Waals surface area contributed by atoms with Crippen molar-refractivity contribution in [2.45, 2.75) is 85.0 Å². The van der Waals surface area contributed by atoms with Crippen LogP contribution in [0.15, 0.2) is 0 Å². The molecule has 7 N–H and O–H groups in total. The van der Waals surface area contributed by atoms with Gasteiger partial charge in [-0.25, -0.2) is 4.79 Å². The molecular formula is C21H40N4O6. The fraction of sp³-hybridized carbons (Fsp3) is 0.810. The first-order chi connectivity index (χ1) is 14.4. The van der Waals surface area contributed by atoms with Crippen molar-refractivity contribution in [2.75, 3.05) is 6.61 Å². The number of nitrogens with one attached hydrogen (secondary N) is 3. The van der Waals surface area contributed by atoms with E-state index in [4.69, 9.17) is 10.8 Å². The SMILES string of the molecule is CCC(C)C(N)C(=O)NC(C(=O)NC(C(=O)NC(CO)C(=O)O)C(C)CC)C(C)CC. The molecule has 0 heterocycles. The molecule has 180 valence electrons. The number of carbonyl (C=O) groups is 4. The number of aliphatic hydroxyl groups excluding tert-OH is 1. The van der Waals surface area contributed by atoms with Gasteiger partial charge in [0.2, 0.25) is 17.7 Å². The minimum absolute atomic E-state index is 0.0642. The number of amides is 3. The summed E-state index contributed by atoms with van der Waals surface area (Å²) in [6.45, 7) is 10.3. The number of hydrogen-bond donors (Lipinski definition) is 6. The van der Waals surface area contributed by atoms with E-state index in [2.05, 4.69) is 16.0 Å². The Hall–Kier alpha value is -2.20. The summed E-state index contributed by atoms with van der Waals surface area (Å²) in [5, 5.41) is 25.9. The third-order valence-corrected chi connectivity index (χ3v) is 5.94. The Labute approximate surface area is 184 Å². The van der Waals surface area contributed by atoms with E-state index in [1.165, 1.54) is 0 Å². The van der Waals surface area contributed by atoms with Gasteiger partial charge in [0.25, 0.3) is 0 Å². The van der Waals surface area contributed by atoms with E-state index in [0.29, 0.717) is 19.3 Å². The highest BCUT2D eigenvalue weighted by atomic mass is 16.4. The van der Waals surface area contributed by atoms with Crippen LogP contribution in [0.3, 0.4) is 0 Å². The average molecular weight is 445 g/mol. The summed E-state index contributed by atoms with van der Waals surface area (Å²) >= 11 is 0. The van der Waals surface area contributed by atoms with Crippen molar-refractivity contribution in [1.29, 1.82) is 0 Å². The summed E-state index contributed by atoms with van der Waals surface area (Å²) < 4.78 is 0. The third-order valence-electron chi connectivity index (χ3n) is 5.94. The molecule has 10 heteroatoms. The molecule has 7 atom stereocenters. The smallest absolute Gasteiger partial charge is 0.328 e. The second kappa shape index (κ2) is 14.0. The maximum absolute atomic E-state index is 13.1. The van der Waals surface area contributed by atoms with Gasteiger partial charge in [-0.15, -0.1) is 0 Å². The van der Waals surface area contributed by atoms with Gasteiger partial charge in [0.1, 0.15) is 18.1 Å². The van der Waals surface area contributed by atoms with Crippen molar-refractivity contribution in [3.8, 4) is 0 Å². The van der Waals surface area contributed by atoms with Crippen LogP contribution in [-0.2, 0) is 19.2 Å². The van der Waals surface area contributed by atoms with E-state index in [-0.39, 0.29) is 17.8 Å². The maximum Gasteiger partial charge on any atom is 0.328 e. The second-order valence-electron chi connectivity index (χ2n) is 8.24. The highest BCUT2D eigenvalue weighted by Gasteiger charge is 2.34. The Balaban J connectivity index is 5.57. The van der Waals surface area contributed by atoms with Gasteiger partial charge in [-0.2, -0.15) is 0 Å². The van der Waals surface area contributed by atoms with Gasteiger partial charge < -0.3 is 31.9 Å². The summed E-state index contributed by atoms with van der Waals surface area (Å²) in [7, 11) is 0. The van der Waals surface area contributed by atoms with Crippen molar-refractivity contribution in [3.05, 3.63) is 0 Å². The molecule has 7 unspecified atom stereocenters. The van der Waals surface area contributed by atoms with E-state index in [0.717, 1.165) is 0 Å². The molecule has 0 rings (SSSR count). The molecule has 0 aromatic rings. The second-order valence-corrected chi connectivity index (χ2v) is 8.24. The number of hydrogen-bond acceptors (Lipinski definition) is 6. The summed E-state index contributed by atoms with van der Waals surface area (Å²) in [6.07, 6.45) is 1.85. The molecule has 0 radical (unpaired) electrons. The number of carboxylic acids is 1. The summed E-state index contributed by atoms with van der Waals surface area (Å²) in [5.41, 5.74) is 5.99. The Morgan fingerprint density at radius 3 is 1.48 bits per heavy atom. The number of carboxylic acid groups (broad SMARTS) is 1. The van der Waals surface area contributed by atoms with Crippen LogP contribution in [0.2, 0.25) is 0 Å². The predicted molar refractivity (Wildman–Crippen MR) is 117 cm³/mol. The van der Waals surface area contributed by atoms with Crippen molar-refractivity contribution in [3.63, 3.8) is 0 Å². The van der Waals surface area contributed by atoms with Crippen LogP contribution in [0.25, 0.3) is 0 Å². The van der Waals surface area contributed by atoms with Crippen molar-refractivity contribution in [1.82, 2.24) is 16.0 Å². The van der Waals surface area contributed by atoms with Crippen LogP contribution >= 0.6 is 0 Å². The molecule has 0 saturated heterocycles. The lowest BCUT2D eigenvalue weighted by Gasteiger charge is -2.30. The Morgan fingerprint density at radius 1 is 0.742 bits per heavy atom. The van der Waals surface area contributed by atoms with Gasteiger partial charge in [0, 0.05) is 0 Å². The van der Waals surface area contributed by atoms with Gasteiger partial charge in [-0.05, 0) is 17.8 Å². The molecular weight excluding hydrogens is 404 g/mol. The van der Waals surface area contributed by atoms with Gasteiger partial charge in [0.05, 0.1) is 12.6 Å². The van der Waals surface area contributed by atoms with E-state index in [1.54, 1.807) is 6.92 Å². The lowest BCUT2D eigenvalue weighted by molar-refractivity contribution is -0.143. The maximum atomic E-state index is 13.1. The first-order valence-corrected chi connectivity index (χ1v) is 10.9. The minimum Gasteiger partial charge on any atom is -0.480 e. The average Bonchev–Trinajstić information content (AvgIpc) is 2.76. The molecule has 0 aliphatic heterocycles. The Morgan fingerprint density at radius 2 is 1.13 bits per heavy atom. The minimum atomic E-state index is -1.48. The molecule has 0 aliphatic carbocycles. The van der Waals surface area contributed by atoms with Gasteiger partial charge in [0.15, 0.2) is 0 Å². The predicted octanol–water partition coefficient (Wildman–Crippen LogP) is -0.0167. The highest BCUT2D eigenvalue weighted by molar-refractivity contribution is 5.94. The third kappa shape index (κ3) is 8.82. The van der Waals surface area contributed by atoms with Crippen LogP contribution in [0, 0.1) is 17.8 Å². The monoisotopic (exact) mass is 444 g/mol. The summed E-state index contributed by atoms with van der Waals surface area (Å²) in [6, 6.07) is -4.17. The molecule has 0 spiro atoms. The van der Waals surface area contributed by atoms with Crippen LogP contribution < -0.4 is 21.7 Å². The van der Waals surface area contributed by atoms with Crippen LogP contribution in [0.1, 0.15) is 60.8 Å². The molecule has 0 bridgehead atoms. The van der Waals surface area contributed by atoms with Gasteiger partial charge >= 0.3 is 5.97 Å². The molecule has 31 heavy (non-hydrogen) atoms. The first-order valence-electron chi connectivity index (χ1n) is 10.9. The zero-order valence-electron chi connectivity index (χ0n) is 19.5. The van der Waals surface area contributed by atoms with E-state index in [1.807, 2.05) is 34.6 Å². The Bertz CT molecular complexity index is 615. The number of carbonyl (C=O) groups excluding carboxylic acids is 3. The van der Waals surface area contributed by atoms with Crippen LogP contribution in [0.4, 0.5) is 0 Å². The summed E-state index contributed by atoms with van der Waals surface area (Å²) in [4.78, 5) is 49.4.